The van der Waals surface area contributed by atoms with Crippen molar-refractivity contribution in [3.05, 3.63) is 35.0 Å². The summed E-state index contributed by atoms with van der Waals surface area (Å²) in [5.41, 5.74) is 3.46. The second-order valence-electron chi connectivity index (χ2n) is 5.02. The number of fused-ring (bicyclic) bond motifs is 1. The van der Waals surface area contributed by atoms with Crippen LogP contribution in [-0.2, 0) is 6.42 Å². The fraction of sp³-hybridized carbons (Fsp3) is 0.400. The van der Waals surface area contributed by atoms with E-state index in [1.165, 1.54) is 5.56 Å². The number of benzene rings is 1. The van der Waals surface area contributed by atoms with E-state index in [-0.39, 0.29) is 6.04 Å². The minimum atomic E-state index is -0.855. The van der Waals surface area contributed by atoms with Crippen molar-refractivity contribution in [3.63, 3.8) is 0 Å². The van der Waals surface area contributed by atoms with E-state index in [9.17, 15) is 9.90 Å². The number of carboxylic acids is 1. The van der Waals surface area contributed by atoms with Gasteiger partial charge in [-0.05, 0) is 50.5 Å². The number of nitrogens with zero attached hydrogens (tertiary/aromatic N) is 1. The van der Waals surface area contributed by atoms with E-state index in [0.29, 0.717) is 5.56 Å². The van der Waals surface area contributed by atoms with Crippen LogP contribution < -0.4 is 0 Å². The number of aromatic nitrogens is 1. The van der Waals surface area contributed by atoms with Gasteiger partial charge in [0.1, 0.15) is 0 Å². The van der Waals surface area contributed by atoms with E-state index in [2.05, 4.69) is 37.6 Å². The largest absolute Gasteiger partial charge is 0.478 e. The second kappa shape index (κ2) is 4.48. The molecule has 3 heteroatoms. The highest BCUT2D eigenvalue weighted by Crippen LogP contribution is 2.29. The number of aromatic carboxylic acids is 1. The minimum absolute atomic E-state index is 0.258. The lowest BCUT2D eigenvalue weighted by molar-refractivity contribution is 0.0698. The molecular formula is C15H19NO2. The van der Waals surface area contributed by atoms with E-state index >= 15 is 0 Å². The van der Waals surface area contributed by atoms with E-state index < -0.39 is 5.97 Å². The predicted octanol–water partition coefficient (Wildman–Crippen LogP) is 3.79. The first-order valence-corrected chi connectivity index (χ1v) is 6.33. The second-order valence-corrected chi connectivity index (χ2v) is 5.02. The number of hydrogen-bond acceptors (Lipinski definition) is 1. The Kier molecular flexibility index (Phi) is 3.16. The molecule has 0 aliphatic rings. The van der Waals surface area contributed by atoms with Gasteiger partial charge in [0.05, 0.1) is 11.1 Å². The van der Waals surface area contributed by atoms with Crippen LogP contribution in [-0.4, -0.2) is 15.6 Å². The van der Waals surface area contributed by atoms with E-state index in [1.54, 1.807) is 6.07 Å². The van der Waals surface area contributed by atoms with Gasteiger partial charge in [0.2, 0.25) is 0 Å². The van der Waals surface area contributed by atoms with E-state index in [1.807, 2.05) is 6.92 Å². The molecule has 1 aromatic carbocycles. The molecule has 0 unspecified atom stereocenters. The van der Waals surface area contributed by atoms with Crippen LogP contribution in [0.4, 0.5) is 0 Å². The number of carboxylic acid groups (broad SMARTS) is 1. The van der Waals surface area contributed by atoms with Gasteiger partial charge < -0.3 is 9.67 Å². The van der Waals surface area contributed by atoms with Crippen LogP contribution in [0.2, 0.25) is 0 Å². The molecule has 1 aromatic heterocycles. The maximum Gasteiger partial charge on any atom is 0.337 e. The Bertz CT molecular complexity index is 608. The molecule has 0 fully saturated rings. The summed E-state index contributed by atoms with van der Waals surface area (Å²) in [6, 6.07) is 4.09. The Morgan fingerprint density at radius 3 is 2.56 bits per heavy atom. The molecule has 96 valence electrons. The molecule has 0 aliphatic heterocycles. The van der Waals surface area contributed by atoms with Crippen molar-refractivity contribution in [2.24, 2.45) is 0 Å². The zero-order chi connectivity index (χ0) is 13.4. The molecule has 18 heavy (non-hydrogen) atoms. The van der Waals surface area contributed by atoms with Gasteiger partial charge in [-0.1, -0.05) is 6.92 Å². The lowest BCUT2D eigenvalue weighted by atomic mass is 10.0. The molecule has 0 saturated carbocycles. The molecule has 3 nitrogen and oxygen atoms in total. The summed E-state index contributed by atoms with van der Waals surface area (Å²) in [5.74, 6) is -0.855. The van der Waals surface area contributed by atoms with Gasteiger partial charge >= 0.3 is 5.97 Å². The standard InChI is InChI=1S/C15H19NO2/c1-5-11-8-16(9(2)3)14-12(11)6-10(4)7-13(14)15(17)18/h6-9H,5H2,1-4H3,(H,17,18). The molecule has 2 rings (SSSR count). The van der Waals surface area contributed by atoms with Gasteiger partial charge in [-0.15, -0.1) is 0 Å². The zero-order valence-electron chi connectivity index (χ0n) is 11.3. The molecule has 2 aromatic rings. The van der Waals surface area contributed by atoms with Crippen molar-refractivity contribution < 1.29 is 9.90 Å². The van der Waals surface area contributed by atoms with Gasteiger partial charge in [-0.3, -0.25) is 0 Å². The lowest BCUT2D eigenvalue weighted by Crippen LogP contribution is -2.05. The average molecular weight is 245 g/mol. The highest BCUT2D eigenvalue weighted by Gasteiger charge is 2.17. The molecule has 0 radical (unpaired) electrons. The molecule has 0 amide bonds. The number of carbonyl (C=O) groups is 1. The fourth-order valence-electron chi connectivity index (χ4n) is 2.46. The molecule has 1 N–H and O–H groups in total. The first-order valence-electron chi connectivity index (χ1n) is 6.33. The van der Waals surface area contributed by atoms with Crippen molar-refractivity contribution in [1.29, 1.82) is 0 Å². The summed E-state index contributed by atoms with van der Waals surface area (Å²) in [5, 5.41) is 10.5. The summed E-state index contributed by atoms with van der Waals surface area (Å²) in [6.07, 6.45) is 3.00. The summed E-state index contributed by atoms with van der Waals surface area (Å²) < 4.78 is 2.07. The van der Waals surface area contributed by atoms with Crippen LogP contribution in [0.25, 0.3) is 10.9 Å². The van der Waals surface area contributed by atoms with Crippen LogP contribution in [0.3, 0.4) is 0 Å². The Morgan fingerprint density at radius 2 is 2.06 bits per heavy atom. The highest BCUT2D eigenvalue weighted by atomic mass is 16.4. The third kappa shape index (κ3) is 1.90. The zero-order valence-corrected chi connectivity index (χ0v) is 11.3. The van der Waals surface area contributed by atoms with Crippen LogP contribution in [0, 0.1) is 6.92 Å². The fourth-order valence-corrected chi connectivity index (χ4v) is 2.46. The summed E-state index contributed by atoms with van der Waals surface area (Å²) >= 11 is 0. The molecule has 0 aliphatic carbocycles. The summed E-state index contributed by atoms with van der Waals surface area (Å²) in [6.45, 7) is 8.19. The topological polar surface area (TPSA) is 42.2 Å². The average Bonchev–Trinajstić information content (AvgIpc) is 2.66. The quantitative estimate of drug-likeness (QED) is 0.893. The van der Waals surface area contributed by atoms with Crippen molar-refractivity contribution in [3.8, 4) is 0 Å². The predicted molar refractivity (Wildman–Crippen MR) is 73.4 cm³/mol. The maximum absolute atomic E-state index is 11.4. The lowest BCUT2D eigenvalue weighted by Gasteiger charge is -2.11. The monoisotopic (exact) mass is 245 g/mol. The Morgan fingerprint density at radius 1 is 1.39 bits per heavy atom. The third-order valence-corrected chi connectivity index (χ3v) is 3.32. The number of aryl methyl sites for hydroxylation is 2. The first kappa shape index (κ1) is 12.7. The van der Waals surface area contributed by atoms with Gasteiger partial charge in [0, 0.05) is 17.6 Å². The van der Waals surface area contributed by atoms with Crippen molar-refractivity contribution in [2.75, 3.05) is 0 Å². The third-order valence-electron chi connectivity index (χ3n) is 3.32. The maximum atomic E-state index is 11.4. The van der Waals surface area contributed by atoms with Crippen LogP contribution >= 0.6 is 0 Å². The minimum Gasteiger partial charge on any atom is -0.478 e. The summed E-state index contributed by atoms with van der Waals surface area (Å²) in [7, 11) is 0. The Balaban J connectivity index is 2.91. The van der Waals surface area contributed by atoms with Crippen molar-refractivity contribution in [2.45, 2.75) is 40.2 Å². The van der Waals surface area contributed by atoms with Crippen LogP contribution in [0.15, 0.2) is 18.3 Å². The first-order chi connectivity index (χ1) is 8.45. The van der Waals surface area contributed by atoms with Crippen LogP contribution in [0.5, 0.6) is 0 Å². The van der Waals surface area contributed by atoms with Crippen molar-refractivity contribution >= 4 is 16.9 Å². The molecule has 1 heterocycles. The van der Waals surface area contributed by atoms with Gasteiger partial charge in [0.15, 0.2) is 0 Å². The number of rotatable bonds is 3. The smallest absolute Gasteiger partial charge is 0.337 e. The van der Waals surface area contributed by atoms with E-state index in [0.717, 1.165) is 22.9 Å². The SMILES string of the molecule is CCc1cn(C(C)C)c2c(C(=O)O)cc(C)cc12. The van der Waals surface area contributed by atoms with Gasteiger partial charge in [0.25, 0.3) is 0 Å². The molecular weight excluding hydrogens is 226 g/mol. The van der Waals surface area contributed by atoms with Gasteiger partial charge in [-0.25, -0.2) is 4.79 Å². The highest BCUT2D eigenvalue weighted by molar-refractivity contribution is 6.04. The molecule has 0 saturated heterocycles. The van der Waals surface area contributed by atoms with Crippen LogP contribution in [0.1, 0.15) is 48.3 Å². The van der Waals surface area contributed by atoms with Crippen molar-refractivity contribution in [1.82, 2.24) is 4.57 Å². The molecule has 0 atom stereocenters. The van der Waals surface area contributed by atoms with E-state index in [4.69, 9.17) is 0 Å². The normalized spacial score (nSPS) is 11.4. The molecule has 0 bridgehead atoms. The van der Waals surface area contributed by atoms with Gasteiger partial charge in [-0.2, -0.15) is 0 Å². The Hall–Kier alpha value is -1.77. The summed E-state index contributed by atoms with van der Waals surface area (Å²) in [4.78, 5) is 11.4. The molecule has 0 spiro atoms. The Labute approximate surface area is 107 Å². The number of hydrogen-bond donors (Lipinski definition) is 1.